The number of aromatic nitrogens is 1. The number of carboxylic acids is 1. The Labute approximate surface area is 104 Å². The lowest BCUT2D eigenvalue weighted by atomic mass is 10.0. The Morgan fingerprint density at radius 2 is 2.35 bits per heavy atom. The highest BCUT2D eigenvalue weighted by atomic mass is 32.1. The summed E-state index contributed by atoms with van der Waals surface area (Å²) < 4.78 is 5.46. The van der Waals surface area contributed by atoms with Crippen LogP contribution in [0.25, 0.3) is 0 Å². The molecule has 4 nitrogen and oxygen atoms in total. The molecule has 5 heteroatoms. The van der Waals surface area contributed by atoms with Crippen molar-refractivity contribution in [3.63, 3.8) is 0 Å². The van der Waals surface area contributed by atoms with Gasteiger partial charge in [-0.3, -0.25) is 4.79 Å². The first-order valence-electron chi connectivity index (χ1n) is 6.05. The average Bonchev–Trinajstić information content (AvgIpc) is 2.88. The first-order chi connectivity index (χ1) is 8.25. The van der Waals surface area contributed by atoms with Gasteiger partial charge < -0.3 is 9.84 Å². The van der Waals surface area contributed by atoms with Gasteiger partial charge in [0.25, 0.3) is 0 Å². The molecule has 1 aliphatic heterocycles. The molecular formula is C12H15NO3S. The van der Waals surface area contributed by atoms with Crippen molar-refractivity contribution in [2.45, 2.75) is 37.5 Å². The summed E-state index contributed by atoms with van der Waals surface area (Å²) in [6.07, 6.45) is 3.78. The Balaban J connectivity index is 1.84. The first-order valence-corrected chi connectivity index (χ1v) is 6.87. The Bertz CT molecular complexity index is 437. The fourth-order valence-corrected chi connectivity index (χ4v) is 3.86. The van der Waals surface area contributed by atoms with Crippen LogP contribution in [-0.4, -0.2) is 29.3 Å². The van der Waals surface area contributed by atoms with Crippen LogP contribution >= 0.6 is 11.3 Å². The quantitative estimate of drug-likeness (QED) is 0.877. The second-order valence-corrected chi connectivity index (χ2v) is 5.82. The highest BCUT2D eigenvalue weighted by molar-refractivity contribution is 7.11. The zero-order chi connectivity index (χ0) is 11.8. The molecular weight excluding hydrogens is 238 g/mol. The minimum atomic E-state index is -0.736. The van der Waals surface area contributed by atoms with Crippen LogP contribution in [0.15, 0.2) is 0 Å². The number of carbonyl (C=O) groups is 1. The van der Waals surface area contributed by atoms with Crippen LogP contribution in [0.4, 0.5) is 0 Å². The second kappa shape index (κ2) is 4.38. The Morgan fingerprint density at radius 3 is 3.06 bits per heavy atom. The number of hydrogen-bond donors (Lipinski definition) is 1. The van der Waals surface area contributed by atoms with Gasteiger partial charge in [-0.1, -0.05) is 0 Å². The van der Waals surface area contributed by atoms with Crippen LogP contribution in [0.5, 0.6) is 0 Å². The molecule has 0 radical (unpaired) electrons. The molecule has 0 bridgehead atoms. The minimum Gasteiger partial charge on any atom is -0.481 e. The van der Waals surface area contributed by atoms with Crippen LogP contribution < -0.4 is 0 Å². The monoisotopic (exact) mass is 253 g/mol. The number of rotatable bonds is 2. The predicted octanol–water partition coefficient (Wildman–Crippen LogP) is 2.15. The molecule has 2 heterocycles. The van der Waals surface area contributed by atoms with Crippen LogP contribution in [0.3, 0.4) is 0 Å². The summed E-state index contributed by atoms with van der Waals surface area (Å²) in [6.45, 7) is 1.59. The van der Waals surface area contributed by atoms with Gasteiger partial charge in [-0.05, 0) is 25.7 Å². The van der Waals surface area contributed by atoms with E-state index in [4.69, 9.17) is 9.84 Å². The maximum atomic E-state index is 11.1. The molecule has 1 saturated heterocycles. The lowest BCUT2D eigenvalue weighted by Gasteiger charge is -2.19. The highest BCUT2D eigenvalue weighted by Gasteiger charge is 2.33. The molecule has 3 rings (SSSR count). The fraction of sp³-hybridized carbons (Fsp3) is 0.667. The van der Waals surface area contributed by atoms with Crippen molar-refractivity contribution in [2.75, 3.05) is 13.2 Å². The Hall–Kier alpha value is -0.940. The molecule has 1 N–H and O–H groups in total. The molecule has 2 aliphatic rings. The van der Waals surface area contributed by atoms with Crippen molar-refractivity contribution >= 4 is 17.3 Å². The molecule has 92 valence electrons. The number of thiazole rings is 1. The lowest BCUT2D eigenvalue weighted by Crippen LogP contribution is -2.16. The molecule has 2 unspecified atom stereocenters. The largest absolute Gasteiger partial charge is 0.481 e. The third-order valence-corrected chi connectivity index (χ3v) is 4.84. The molecule has 1 aromatic rings. The topological polar surface area (TPSA) is 59.4 Å². The summed E-state index contributed by atoms with van der Waals surface area (Å²) in [5, 5.41) is 10.2. The van der Waals surface area contributed by atoms with Gasteiger partial charge in [0, 0.05) is 17.4 Å². The molecule has 1 fully saturated rings. The van der Waals surface area contributed by atoms with E-state index in [1.54, 1.807) is 11.3 Å². The summed E-state index contributed by atoms with van der Waals surface area (Å²) in [5.74, 6) is -0.728. The van der Waals surface area contributed by atoms with Gasteiger partial charge in [-0.25, -0.2) is 4.98 Å². The molecule has 0 spiro atoms. The average molecular weight is 253 g/mol. The summed E-state index contributed by atoms with van der Waals surface area (Å²) in [7, 11) is 0. The van der Waals surface area contributed by atoms with E-state index in [2.05, 4.69) is 4.98 Å². The molecule has 1 aliphatic carbocycles. The summed E-state index contributed by atoms with van der Waals surface area (Å²) >= 11 is 1.70. The summed E-state index contributed by atoms with van der Waals surface area (Å²) in [5.41, 5.74) is 0.822. The van der Waals surface area contributed by atoms with Gasteiger partial charge in [-0.2, -0.15) is 0 Å². The van der Waals surface area contributed by atoms with E-state index in [1.165, 1.54) is 4.88 Å². The van der Waals surface area contributed by atoms with Crippen molar-refractivity contribution in [3.8, 4) is 0 Å². The van der Waals surface area contributed by atoms with E-state index in [0.29, 0.717) is 12.3 Å². The van der Waals surface area contributed by atoms with E-state index >= 15 is 0 Å². The van der Waals surface area contributed by atoms with Gasteiger partial charge in [0.15, 0.2) is 0 Å². The third-order valence-electron chi connectivity index (χ3n) is 3.54. The number of aryl methyl sites for hydroxylation is 1. The molecule has 17 heavy (non-hydrogen) atoms. The zero-order valence-electron chi connectivity index (χ0n) is 9.52. The van der Waals surface area contributed by atoms with Gasteiger partial charge in [0.05, 0.1) is 17.3 Å². The standard InChI is InChI=1S/C12H15NO3S/c14-12(15)8-3-4-9-10(8)13-11(17-9)7-2-1-5-16-6-7/h7-8H,1-6H2,(H,14,15). The van der Waals surface area contributed by atoms with E-state index in [9.17, 15) is 4.79 Å². The lowest BCUT2D eigenvalue weighted by molar-refractivity contribution is -0.138. The number of aliphatic carboxylic acids is 1. The smallest absolute Gasteiger partial charge is 0.312 e. The Kier molecular flexibility index (Phi) is 2.88. The fourth-order valence-electron chi connectivity index (χ4n) is 2.60. The van der Waals surface area contributed by atoms with E-state index in [1.807, 2.05) is 0 Å². The molecule has 0 amide bonds. The van der Waals surface area contributed by atoms with Crippen molar-refractivity contribution in [2.24, 2.45) is 0 Å². The summed E-state index contributed by atoms with van der Waals surface area (Å²) in [6, 6.07) is 0. The number of fused-ring (bicyclic) bond motifs is 1. The Morgan fingerprint density at radius 1 is 1.47 bits per heavy atom. The molecule has 2 atom stereocenters. The zero-order valence-corrected chi connectivity index (χ0v) is 10.3. The second-order valence-electron chi connectivity index (χ2n) is 4.70. The predicted molar refractivity (Wildman–Crippen MR) is 63.6 cm³/mol. The molecule has 0 aromatic carbocycles. The van der Waals surface area contributed by atoms with Crippen molar-refractivity contribution in [1.82, 2.24) is 4.98 Å². The van der Waals surface area contributed by atoms with Crippen LogP contribution in [-0.2, 0) is 16.0 Å². The number of nitrogens with zero attached hydrogens (tertiary/aromatic N) is 1. The third kappa shape index (κ3) is 1.98. The highest BCUT2D eigenvalue weighted by Crippen LogP contribution is 2.39. The van der Waals surface area contributed by atoms with E-state index < -0.39 is 5.97 Å². The van der Waals surface area contributed by atoms with Crippen molar-refractivity contribution in [1.29, 1.82) is 0 Å². The van der Waals surface area contributed by atoms with Crippen molar-refractivity contribution < 1.29 is 14.6 Å². The number of hydrogen-bond acceptors (Lipinski definition) is 4. The van der Waals surface area contributed by atoms with Gasteiger partial charge in [0.2, 0.25) is 0 Å². The van der Waals surface area contributed by atoms with E-state index in [0.717, 1.165) is 43.2 Å². The van der Waals surface area contributed by atoms with Crippen LogP contribution in [0.1, 0.15) is 46.7 Å². The number of ether oxygens (including phenoxy) is 1. The maximum Gasteiger partial charge on any atom is 0.312 e. The van der Waals surface area contributed by atoms with Crippen molar-refractivity contribution in [3.05, 3.63) is 15.6 Å². The van der Waals surface area contributed by atoms with Gasteiger partial charge in [-0.15, -0.1) is 11.3 Å². The normalized spacial score (nSPS) is 28.0. The number of carboxylic acid groups (broad SMARTS) is 1. The van der Waals surface area contributed by atoms with Gasteiger partial charge in [0.1, 0.15) is 5.92 Å². The SMILES string of the molecule is O=C(O)C1CCc2sc(C3CCCOC3)nc21. The van der Waals surface area contributed by atoms with E-state index in [-0.39, 0.29) is 5.92 Å². The van der Waals surface area contributed by atoms with Crippen LogP contribution in [0.2, 0.25) is 0 Å². The first kappa shape index (κ1) is 11.2. The summed E-state index contributed by atoms with van der Waals surface area (Å²) in [4.78, 5) is 16.8. The molecule has 1 aromatic heterocycles. The maximum absolute atomic E-state index is 11.1. The molecule has 0 saturated carbocycles. The van der Waals surface area contributed by atoms with Crippen LogP contribution in [0, 0.1) is 0 Å². The van der Waals surface area contributed by atoms with Gasteiger partial charge >= 0.3 is 5.97 Å². The minimum absolute atomic E-state index is 0.375.